The summed E-state index contributed by atoms with van der Waals surface area (Å²) in [5.74, 6) is 1.62. The van der Waals surface area contributed by atoms with E-state index >= 15 is 0 Å². The van der Waals surface area contributed by atoms with E-state index in [1.54, 1.807) is 6.33 Å². The number of rotatable bonds is 4. The number of nitrogen functional groups attached to an aromatic ring is 2. The third-order valence-corrected chi connectivity index (χ3v) is 6.56. The molecule has 3 heterocycles. The second-order valence-corrected chi connectivity index (χ2v) is 8.71. The Bertz CT molecular complexity index is 1200. The van der Waals surface area contributed by atoms with E-state index in [1.165, 1.54) is 30.5 Å². The van der Waals surface area contributed by atoms with Gasteiger partial charge in [0.2, 0.25) is 0 Å². The lowest BCUT2D eigenvalue weighted by molar-refractivity contribution is 0.303. The molecule has 0 bridgehead atoms. The van der Waals surface area contributed by atoms with Gasteiger partial charge >= 0.3 is 0 Å². The fourth-order valence-corrected chi connectivity index (χ4v) is 4.86. The summed E-state index contributed by atoms with van der Waals surface area (Å²) in [7, 11) is 0. The molecule has 0 aliphatic heterocycles. The molecule has 4 aromatic rings. The predicted octanol–water partition coefficient (Wildman–Crippen LogP) is 4.35. The minimum Gasteiger partial charge on any atom is -0.384 e. The fraction of sp³-hybridized carbons (Fsp3) is 0.348. The van der Waals surface area contributed by atoms with Crippen molar-refractivity contribution in [2.45, 2.75) is 44.9 Å². The molecular weight excluding hydrogens is 360 g/mol. The van der Waals surface area contributed by atoms with Gasteiger partial charge in [-0.05, 0) is 73.4 Å². The van der Waals surface area contributed by atoms with Gasteiger partial charge in [0.05, 0.1) is 5.52 Å². The Morgan fingerprint density at radius 2 is 2.00 bits per heavy atom. The van der Waals surface area contributed by atoms with Crippen molar-refractivity contribution in [1.29, 1.82) is 0 Å². The molecule has 0 amide bonds. The molecule has 3 aromatic heterocycles. The van der Waals surface area contributed by atoms with Gasteiger partial charge in [-0.2, -0.15) is 5.10 Å². The van der Waals surface area contributed by atoms with Crippen molar-refractivity contribution in [3.05, 3.63) is 60.0 Å². The molecule has 1 saturated carbocycles. The van der Waals surface area contributed by atoms with Gasteiger partial charge in [0.1, 0.15) is 17.7 Å². The monoisotopic (exact) mass is 386 g/mol. The summed E-state index contributed by atoms with van der Waals surface area (Å²) in [5.41, 5.74) is 16.6. The highest BCUT2D eigenvalue weighted by Gasteiger charge is 2.36. The zero-order valence-corrected chi connectivity index (χ0v) is 16.7. The number of hydrogen-bond donors (Lipinski definition) is 2. The number of hydrogen-bond acceptors (Lipinski definition) is 5. The molecule has 0 spiro atoms. The third kappa shape index (κ3) is 3.28. The molecule has 148 valence electrons. The number of pyridine rings is 1. The summed E-state index contributed by atoms with van der Waals surface area (Å²) < 4.78 is 1.97. The van der Waals surface area contributed by atoms with E-state index in [0.717, 1.165) is 29.3 Å². The molecule has 2 atom stereocenters. The van der Waals surface area contributed by atoms with E-state index in [4.69, 9.17) is 11.5 Å². The predicted molar refractivity (Wildman–Crippen MR) is 117 cm³/mol. The highest BCUT2D eigenvalue weighted by atomic mass is 15.3. The quantitative estimate of drug-likeness (QED) is 0.544. The summed E-state index contributed by atoms with van der Waals surface area (Å²) in [5, 5.41) is 5.57. The van der Waals surface area contributed by atoms with Gasteiger partial charge in [-0.3, -0.25) is 0 Å². The standard InChI is InChI=1S/C23H26N6/c1-23(10-8-15-2-3-16-4-7-21(24)28-18(16)12-15)11-9-17(13-23)19-5-6-20-22(25)26-14-27-29(19)20/h2-7,12,14,17H,8-11,13H2,1H3,(H2,24,28)(H2,25,26,27)/t17?,23-/m1/s1. The van der Waals surface area contributed by atoms with Crippen LogP contribution in [-0.4, -0.2) is 19.6 Å². The Morgan fingerprint density at radius 3 is 2.90 bits per heavy atom. The van der Waals surface area contributed by atoms with Crippen molar-refractivity contribution >= 4 is 28.1 Å². The Hall–Kier alpha value is -3.15. The number of nitrogens with two attached hydrogens (primary N) is 2. The average molecular weight is 387 g/mol. The minimum atomic E-state index is 0.325. The van der Waals surface area contributed by atoms with E-state index in [0.29, 0.717) is 23.0 Å². The first-order chi connectivity index (χ1) is 14.0. The lowest BCUT2D eigenvalue weighted by atomic mass is 9.81. The molecule has 6 nitrogen and oxygen atoms in total. The smallest absolute Gasteiger partial charge is 0.151 e. The Kier molecular flexibility index (Phi) is 4.15. The van der Waals surface area contributed by atoms with E-state index < -0.39 is 0 Å². The SMILES string of the molecule is C[C@@]1(CCc2ccc3ccc(N)nc3c2)CCC(c2ccc3c(N)ncnn23)C1. The maximum Gasteiger partial charge on any atom is 0.151 e. The topological polar surface area (TPSA) is 95.1 Å². The molecule has 1 aliphatic carbocycles. The van der Waals surface area contributed by atoms with Crippen LogP contribution in [-0.2, 0) is 6.42 Å². The molecule has 6 heteroatoms. The van der Waals surface area contributed by atoms with Gasteiger partial charge in [0.15, 0.2) is 5.82 Å². The van der Waals surface area contributed by atoms with E-state index in [9.17, 15) is 0 Å². The molecule has 1 fully saturated rings. The fourth-order valence-electron chi connectivity index (χ4n) is 4.86. The zero-order valence-electron chi connectivity index (χ0n) is 16.7. The highest BCUT2D eigenvalue weighted by molar-refractivity contribution is 5.80. The molecule has 4 N–H and O–H groups in total. The number of benzene rings is 1. The summed E-state index contributed by atoms with van der Waals surface area (Å²) in [6, 6.07) is 14.6. The highest BCUT2D eigenvalue weighted by Crippen LogP contribution is 2.49. The van der Waals surface area contributed by atoms with Crippen molar-refractivity contribution in [3.8, 4) is 0 Å². The normalized spacial score (nSPS) is 21.9. The molecule has 0 saturated heterocycles. The first kappa shape index (κ1) is 17.9. The van der Waals surface area contributed by atoms with Crippen molar-refractivity contribution in [2.24, 2.45) is 5.41 Å². The van der Waals surface area contributed by atoms with Crippen molar-refractivity contribution in [2.75, 3.05) is 11.5 Å². The number of fused-ring (bicyclic) bond motifs is 2. The van der Waals surface area contributed by atoms with Crippen LogP contribution >= 0.6 is 0 Å². The van der Waals surface area contributed by atoms with Crippen LogP contribution in [0.2, 0.25) is 0 Å². The molecule has 0 radical (unpaired) electrons. The lowest BCUT2D eigenvalue weighted by Crippen LogP contribution is -2.13. The second kappa shape index (κ2) is 6.72. The van der Waals surface area contributed by atoms with Crippen LogP contribution in [0.25, 0.3) is 16.4 Å². The minimum absolute atomic E-state index is 0.325. The number of aromatic nitrogens is 4. The van der Waals surface area contributed by atoms with Crippen LogP contribution in [0.4, 0.5) is 11.6 Å². The lowest BCUT2D eigenvalue weighted by Gasteiger charge is -2.24. The molecule has 1 aromatic carbocycles. The summed E-state index contributed by atoms with van der Waals surface area (Å²) in [6.45, 7) is 2.42. The van der Waals surface area contributed by atoms with Crippen LogP contribution in [0, 0.1) is 5.41 Å². The van der Waals surface area contributed by atoms with Crippen LogP contribution in [0.3, 0.4) is 0 Å². The van der Waals surface area contributed by atoms with Crippen LogP contribution in [0.15, 0.2) is 48.8 Å². The first-order valence-electron chi connectivity index (χ1n) is 10.2. The number of anilines is 2. The Morgan fingerprint density at radius 1 is 1.14 bits per heavy atom. The van der Waals surface area contributed by atoms with Crippen molar-refractivity contribution in [1.82, 2.24) is 19.6 Å². The molecule has 1 aliphatic rings. The second-order valence-electron chi connectivity index (χ2n) is 8.71. The molecule has 1 unspecified atom stereocenters. The average Bonchev–Trinajstić information content (AvgIpc) is 3.31. The van der Waals surface area contributed by atoms with Crippen LogP contribution in [0.5, 0.6) is 0 Å². The van der Waals surface area contributed by atoms with Gasteiger partial charge in [0, 0.05) is 17.0 Å². The molecule has 5 rings (SSSR count). The van der Waals surface area contributed by atoms with E-state index in [-0.39, 0.29) is 0 Å². The maximum absolute atomic E-state index is 6.00. The summed E-state index contributed by atoms with van der Waals surface area (Å²) in [6.07, 6.45) is 7.34. The van der Waals surface area contributed by atoms with E-state index in [2.05, 4.69) is 46.3 Å². The summed E-state index contributed by atoms with van der Waals surface area (Å²) in [4.78, 5) is 8.57. The zero-order chi connectivity index (χ0) is 20.0. The Balaban J connectivity index is 1.31. The van der Waals surface area contributed by atoms with E-state index in [1.807, 2.05) is 22.7 Å². The van der Waals surface area contributed by atoms with Crippen LogP contribution < -0.4 is 11.5 Å². The molecular formula is C23H26N6. The van der Waals surface area contributed by atoms with Gasteiger partial charge in [-0.15, -0.1) is 0 Å². The maximum atomic E-state index is 6.00. The van der Waals surface area contributed by atoms with Crippen molar-refractivity contribution < 1.29 is 0 Å². The summed E-state index contributed by atoms with van der Waals surface area (Å²) >= 11 is 0. The van der Waals surface area contributed by atoms with Crippen molar-refractivity contribution in [3.63, 3.8) is 0 Å². The van der Waals surface area contributed by atoms with Gasteiger partial charge in [-0.25, -0.2) is 14.5 Å². The molecule has 29 heavy (non-hydrogen) atoms. The first-order valence-corrected chi connectivity index (χ1v) is 10.2. The van der Waals surface area contributed by atoms with Crippen LogP contribution in [0.1, 0.15) is 49.8 Å². The van der Waals surface area contributed by atoms with Gasteiger partial charge in [0.25, 0.3) is 0 Å². The van der Waals surface area contributed by atoms with Gasteiger partial charge < -0.3 is 11.5 Å². The number of aryl methyl sites for hydroxylation is 1. The van der Waals surface area contributed by atoms with Gasteiger partial charge in [-0.1, -0.05) is 19.1 Å². The number of nitrogens with zero attached hydrogens (tertiary/aromatic N) is 4. The largest absolute Gasteiger partial charge is 0.384 e. The third-order valence-electron chi connectivity index (χ3n) is 6.56. The Labute approximate surface area is 170 Å².